The molecule has 0 amide bonds. The van der Waals surface area contributed by atoms with Crippen molar-refractivity contribution in [2.24, 2.45) is 0 Å². The number of hydrogen-bond donors (Lipinski definition) is 1. The van der Waals surface area contributed by atoms with Gasteiger partial charge in [0.1, 0.15) is 5.82 Å². The first kappa shape index (κ1) is 19.1. The van der Waals surface area contributed by atoms with Crippen LogP contribution in [0.3, 0.4) is 0 Å². The van der Waals surface area contributed by atoms with Crippen molar-refractivity contribution in [3.05, 3.63) is 74.3 Å². The first-order valence-electron chi connectivity index (χ1n) is 9.81. The van der Waals surface area contributed by atoms with Gasteiger partial charge in [0, 0.05) is 41.2 Å². The average molecular weight is 394 g/mol. The van der Waals surface area contributed by atoms with E-state index in [1.54, 1.807) is 0 Å². The lowest BCUT2D eigenvalue weighted by molar-refractivity contribution is 0.243. The SMILES string of the molecule is Cc1ccccc1-c1ccc(CN2CCc3nc(C(C)(C)C)[nH]c(=O)c3C2)s1. The molecule has 4 nitrogen and oxygen atoms in total. The van der Waals surface area contributed by atoms with Gasteiger partial charge in [-0.15, -0.1) is 11.3 Å². The van der Waals surface area contributed by atoms with E-state index in [9.17, 15) is 4.79 Å². The first-order chi connectivity index (χ1) is 13.3. The lowest BCUT2D eigenvalue weighted by atomic mass is 9.95. The van der Waals surface area contributed by atoms with Gasteiger partial charge >= 0.3 is 0 Å². The van der Waals surface area contributed by atoms with E-state index in [0.29, 0.717) is 6.54 Å². The first-order valence-corrected chi connectivity index (χ1v) is 10.6. The van der Waals surface area contributed by atoms with Crippen molar-refractivity contribution in [2.75, 3.05) is 6.54 Å². The van der Waals surface area contributed by atoms with Crippen molar-refractivity contribution in [1.82, 2.24) is 14.9 Å². The summed E-state index contributed by atoms with van der Waals surface area (Å²) in [5, 5.41) is 0. The third kappa shape index (κ3) is 3.82. The number of nitrogens with one attached hydrogen (secondary N) is 1. The van der Waals surface area contributed by atoms with Gasteiger partial charge in [-0.05, 0) is 30.2 Å². The van der Waals surface area contributed by atoms with E-state index in [2.05, 4.69) is 74.0 Å². The van der Waals surface area contributed by atoms with Crippen molar-refractivity contribution in [1.29, 1.82) is 0 Å². The molecule has 5 heteroatoms. The fraction of sp³-hybridized carbons (Fsp3) is 0.391. The average Bonchev–Trinajstić information content (AvgIpc) is 3.10. The highest BCUT2D eigenvalue weighted by Crippen LogP contribution is 2.31. The summed E-state index contributed by atoms with van der Waals surface area (Å²) in [5.74, 6) is 0.783. The normalized spacial score (nSPS) is 14.9. The zero-order valence-electron chi connectivity index (χ0n) is 17.0. The predicted octanol–water partition coefficient (Wildman–Crippen LogP) is 4.66. The second-order valence-corrected chi connectivity index (χ2v) is 9.80. The van der Waals surface area contributed by atoms with Crippen molar-refractivity contribution < 1.29 is 0 Å². The topological polar surface area (TPSA) is 49.0 Å². The number of nitrogens with zero attached hydrogens (tertiary/aromatic N) is 2. The van der Waals surface area contributed by atoms with Crippen LogP contribution in [0, 0.1) is 6.92 Å². The van der Waals surface area contributed by atoms with Gasteiger partial charge < -0.3 is 4.98 Å². The van der Waals surface area contributed by atoms with Gasteiger partial charge in [0.15, 0.2) is 0 Å². The largest absolute Gasteiger partial charge is 0.310 e. The number of fused-ring (bicyclic) bond motifs is 1. The summed E-state index contributed by atoms with van der Waals surface area (Å²) in [6.07, 6.45) is 0.832. The number of thiophene rings is 1. The molecule has 0 atom stereocenters. The maximum absolute atomic E-state index is 12.6. The van der Waals surface area contributed by atoms with Crippen molar-refractivity contribution in [2.45, 2.75) is 52.6 Å². The van der Waals surface area contributed by atoms with Gasteiger partial charge in [0.2, 0.25) is 0 Å². The molecule has 1 aromatic carbocycles. The van der Waals surface area contributed by atoms with Crippen LogP contribution >= 0.6 is 11.3 Å². The van der Waals surface area contributed by atoms with E-state index >= 15 is 0 Å². The van der Waals surface area contributed by atoms with Crippen LogP contribution in [0.1, 0.15) is 48.3 Å². The van der Waals surface area contributed by atoms with Crippen molar-refractivity contribution in [3.63, 3.8) is 0 Å². The molecule has 2 aromatic heterocycles. The molecule has 0 bridgehead atoms. The fourth-order valence-corrected chi connectivity index (χ4v) is 4.79. The number of benzene rings is 1. The van der Waals surface area contributed by atoms with Crippen LogP contribution in [0.2, 0.25) is 0 Å². The molecule has 1 aliphatic heterocycles. The van der Waals surface area contributed by atoms with Crippen LogP contribution in [0.25, 0.3) is 10.4 Å². The molecule has 3 heterocycles. The highest BCUT2D eigenvalue weighted by atomic mass is 32.1. The zero-order chi connectivity index (χ0) is 19.9. The Bertz CT molecular complexity index is 1060. The molecule has 1 N–H and O–H groups in total. The molecular formula is C23H27N3OS. The Balaban J connectivity index is 1.52. The minimum absolute atomic E-state index is 0.0198. The molecule has 3 aromatic rings. The molecule has 0 fully saturated rings. The predicted molar refractivity (Wildman–Crippen MR) is 116 cm³/mol. The quantitative estimate of drug-likeness (QED) is 0.704. The number of aromatic nitrogens is 2. The third-order valence-electron chi connectivity index (χ3n) is 5.31. The second-order valence-electron chi connectivity index (χ2n) is 8.63. The Morgan fingerprint density at radius 3 is 2.71 bits per heavy atom. The molecule has 0 saturated heterocycles. The molecular weight excluding hydrogens is 366 g/mol. The number of aromatic amines is 1. The van der Waals surface area contributed by atoms with Gasteiger partial charge in [-0.1, -0.05) is 45.0 Å². The Kier molecular flexibility index (Phi) is 4.98. The van der Waals surface area contributed by atoms with Gasteiger partial charge in [-0.3, -0.25) is 9.69 Å². The number of rotatable bonds is 3. The maximum atomic E-state index is 12.6. The summed E-state index contributed by atoms with van der Waals surface area (Å²) in [5.41, 5.74) is 4.28. The van der Waals surface area contributed by atoms with E-state index in [1.807, 2.05) is 11.3 Å². The summed E-state index contributed by atoms with van der Waals surface area (Å²) >= 11 is 1.84. The van der Waals surface area contributed by atoms with Crippen LogP contribution < -0.4 is 5.56 Å². The standard InChI is InChI=1S/C23H27N3OS/c1-15-7-5-6-8-17(15)20-10-9-16(28-20)13-26-12-11-19-18(14-26)21(27)25-22(24-19)23(2,3)4/h5-10H,11-14H2,1-4H3,(H,24,25,27). The minimum Gasteiger partial charge on any atom is -0.310 e. The molecule has 146 valence electrons. The Morgan fingerprint density at radius 1 is 1.18 bits per heavy atom. The van der Waals surface area contributed by atoms with Gasteiger partial charge in [-0.25, -0.2) is 4.98 Å². The molecule has 28 heavy (non-hydrogen) atoms. The highest BCUT2D eigenvalue weighted by Gasteiger charge is 2.25. The number of aryl methyl sites for hydroxylation is 1. The summed E-state index contributed by atoms with van der Waals surface area (Å²) in [7, 11) is 0. The highest BCUT2D eigenvalue weighted by molar-refractivity contribution is 7.15. The van der Waals surface area contributed by atoms with Crippen LogP contribution in [-0.2, 0) is 24.9 Å². The number of hydrogen-bond acceptors (Lipinski definition) is 4. The number of H-pyrrole nitrogens is 1. The zero-order valence-corrected chi connectivity index (χ0v) is 17.8. The second kappa shape index (κ2) is 7.30. The molecule has 0 aliphatic carbocycles. The summed E-state index contributed by atoms with van der Waals surface area (Å²) in [6.45, 7) is 10.9. The third-order valence-corrected chi connectivity index (χ3v) is 6.41. The van der Waals surface area contributed by atoms with E-state index in [4.69, 9.17) is 4.98 Å². The van der Waals surface area contributed by atoms with Crippen LogP contribution in [0.5, 0.6) is 0 Å². The van der Waals surface area contributed by atoms with Gasteiger partial charge in [0.25, 0.3) is 5.56 Å². The monoisotopic (exact) mass is 393 g/mol. The summed E-state index contributed by atoms with van der Waals surface area (Å²) < 4.78 is 0. The fourth-order valence-electron chi connectivity index (χ4n) is 3.65. The lowest BCUT2D eigenvalue weighted by Gasteiger charge is -2.28. The Labute approximate surface area is 170 Å². The van der Waals surface area contributed by atoms with E-state index < -0.39 is 0 Å². The van der Waals surface area contributed by atoms with Gasteiger partial charge in [0.05, 0.1) is 11.3 Å². The Hall–Kier alpha value is -2.24. The van der Waals surface area contributed by atoms with E-state index in [-0.39, 0.29) is 11.0 Å². The van der Waals surface area contributed by atoms with E-state index in [0.717, 1.165) is 36.6 Å². The molecule has 4 rings (SSSR count). The Morgan fingerprint density at radius 2 is 1.96 bits per heavy atom. The van der Waals surface area contributed by atoms with Gasteiger partial charge in [-0.2, -0.15) is 0 Å². The van der Waals surface area contributed by atoms with Crippen LogP contribution in [0.15, 0.2) is 41.2 Å². The molecule has 0 unspecified atom stereocenters. The maximum Gasteiger partial charge on any atom is 0.255 e. The summed E-state index contributed by atoms with van der Waals surface area (Å²) in [4.78, 5) is 25.4. The lowest BCUT2D eigenvalue weighted by Crippen LogP contribution is -2.36. The van der Waals surface area contributed by atoms with Crippen molar-refractivity contribution in [3.8, 4) is 10.4 Å². The minimum atomic E-state index is -0.145. The van der Waals surface area contributed by atoms with Crippen molar-refractivity contribution >= 4 is 11.3 Å². The smallest absolute Gasteiger partial charge is 0.255 e. The molecule has 1 aliphatic rings. The molecule has 0 radical (unpaired) electrons. The molecule has 0 spiro atoms. The van der Waals surface area contributed by atoms with Crippen LogP contribution in [0.4, 0.5) is 0 Å². The molecule has 0 saturated carbocycles. The summed E-state index contributed by atoms with van der Waals surface area (Å²) in [6, 6.07) is 12.9. The van der Waals surface area contributed by atoms with E-state index in [1.165, 1.54) is 20.9 Å². The van der Waals surface area contributed by atoms with Crippen LogP contribution in [-0.4, -0.2) is 21.4 Å².